The first-order chi connectivity index (χ1) is 7.72. The Hall–Kier alpha value is -1.45. The fourth-order valence-electron chi connectivity index (χ4n) is 1.09. The molecule has 1 rings (SSSR count). The second-order valence-electron chi connectivity index (χ2n) is 3.24. The van der Waals surface area contributed by atoms with Gasteiger partial charge in [-0.05, 0) is 6.92 Å². The molecule has 1 aromatic heterocycles. The molecular formula is C10H14N4OS. The third kappa shape index (κ3) is 4.87. The van der Waals surface area contributed by atoms with E-state index in [4.69, 9.17) is 5.26 Å². The molecule has 0 saturated heterocycles. The third-order valence-electron chi connectivity index (χ3n) is 1.79. The van der Waals surface area contributed by atoms with Crippen molar-refractivity contribution in [1.29, 1.82) is 5.26 Å². The van der Waals surface area contributed by atoms with E-state index >= 15 is 0 Å². The summed E-state index contributed by atoms with van der Waals surface area (Å²) >= 11 is 1.57. The maximum atomic E-state index is 11.2. The molecule has 1 heterocycles. The van der Waals surface area contributed by atoms with Gasteiger partial charge in [-0.2, -0.15) is 5.26 Å². The summed E-state index contributed by atoms with van der Waals surface area (Å²) in [5.74, 6) is -0.0940. The van der Waals surface area contributed by atoms with Crippen molar-refractivity contribution in [3.63, 3.8) is 0 Å². The zero-order valence-corrected chi connectivity index (χ0v) is 9.93. The molecule has 16 heavy (non-hydrogen) atoms. The quantitative estimate of drug-likeness (QED) is 0.710. The van der Waals surface area contributed by atoms with Crippen LogP contribution in [0, 0.1) is 18.3 Å². The second kappa shape index (κ2) is 6.93. The number of thiazole rings is 1. The van der Waals surface area contributed by atoms with Crippen molar-refractivity contribution in [2.24, 2.45) is 0 Å². The molecule has 0 saturated carbocycles. The lowest BCUT2D eigenvalue weighted by Crippen LogP contribution is -2.34. The van der Waals surface area contributed by atoms with Crippen molar-refractivity contribution in [2.45, 2.75) is 19.9 Å². The number of rotatable bonds is 6. The Kier molecular flexibility index (Phi) is 5.46. The van der Waals surface area contributed by atoms with E-state index < -0.39 is 0 Å². The number of aryl methyl sites for hydroxylation is 1. The summed E-state index contributed by atoms with van der Waals surface area (Å²) < 4.78 is 0. The van der Waals surface area contributed by atoms with Gasteiger partial charge in [-0.15, -0.1) is 11.3 Å². The lowest BCUT2D eigenvalue weighted by atomic mass is 10.4. The van der Waals surface area contributed by atoms with E-state index in [9.17, 15) is 4.79 Å². The second-order valence-corrected chi connectivity index (χ2v) is 4.19. The molecule has 0 aromatic carbocycles. The highest BCUT2D eigenvalue weighted by Crippen LogP contribution is 2.07. The molecule has 5 nitrogen and oxygen atoms in total. The van der Waals surface area contributed by atoms with E-state index in [-0.39, 0.29) is 12.5 Å². The number of nitrogens with one attached hydrogen (secondary N) is 2. The molecule has 0 aliphatic heterocycles. The molecule has 1 amide bonds. The van der Waals surface area contributed by atoms with Crippen LogP contribution in [0.1, 0.15) is 17.1 Å². The first-order valence-electron chi connectivity index (χ1n) is 4.97. The molecule has 0 spiro atoms. The lowest BCUT2D eigenvalue weighted by Gasteiger charge is -2.03. The van der Waals surface area contributed by atoms with Gasteiger partial charge in [0.15, 0.2) is 0 Å². The van der Waals surface area contributed by atoms with Crippen LogP contribution in [-0.4, -0.2) is 24.0 Å². The van der Waals surface area contributed by atoms with Crippen LogP contribution in [0.4, 0.5) is 0 Å². The number of hydrogen-bond acceptors (Lipinski definition) is 5. The van der Waals surface area contributed by atoms with Crippen molar-refractivity contribution in [2.75, 3.05) is 13.1 Å². The predicted octanol–water partition coefficient (Wildman–Crippen LogP) is 0.571. The molecule has 2 N–H and O–H groups in total. The van der Waals surface area contributed by atoms with Crippen LogP contribution in [0.3, 0.4) is 0 Å². The SMILES string of the molecule is Cc1csc(CNCC(=O)NCCC#N)n1. The van der Waals surface area contributed by atoms with Crippen LogP contribution in [-0.2, 0) is 11.3 Å². The monoisotopic (exact) mass is 238 g/mol. The summed E-state index contributed by atoms with van der Waals surface area (Å²) in [6, 6.07) is 1.96. The third-order valence-corrected chi connectivity index (χ3v) is 2.75. The molecule has 0 fully saturated rings. The van der Waals surface area contributed by atoms with E-state index in [0.717, 1.165) is 10.7 Å². The van der Waals surface area contributed by atoms with Gasteiger partial charge in [-0.25, -0.2) is 4.98 Å². The Balaban J connectivity index is 2.11. The number of amides is 1. The minimum atomic E-state index is -0.0940. The van der Waals surface area contributed by atoms with Crippen LogP contribution in [0.5, 0.6) is 0 Å². The predicted molar refractivity (Wildman–Crippen MR) is 61.8 cm³/mol. The first-order valence-corrected chi connectivity index (χ1v) is 5.85. The minimum Gasteiger partial charge on any atom is -0.354 e. The Bertz CT molecular complexity index is 382. The maximum Gasteiger partial charge on any atom is 0.234 e. The van der Waals surface area contributed by atoms with Crippen molar-refractivity contribution in [3.8, 4) is 6.07 Å². The van der Waals surface area contributed by atoms with Crippen LogP contribution in [0.2, 0.25) is 0 Å². The maximum absolute atomic E-state index is 11.2. The standard InChI is InChI=1S/C10H14N4OS/c1-8-7-16-10(14-8)6-12-5-9(15)13-4-2-3-11/h7,12H,2,4-6H2,1H3,(H,13,15). The molecule has 86 valence electrons. The molecule has 0 aliphatic rings. The van der Waals surface area contributed by atoms with Gasteiger partial charge < -0.3 is 10.6 Å². The summed E-state index contributed by atoms with van der Waals surface area (Å²) in [5, 5.41) is 16.9. The molecule has 0 aliphatic carbocycles. The van der Waals surface area contributed by atoms with E-state index in [1.807, 2.05) is 18.4 Å². The van der Waals surface area contributed by atoms with E-state index in [1.54, 1.807) is 11.3 Å². The lowest BCUT2D eigenvalue weighted by molar-refractivity contribution is -0.120. The molecule has 0 bridgehead atoms. The van der Waals surface area contributed by atoms with E-state index in [1.165, 1.54) is 0 Å². The fraction of sp³-hybridized carbons (Fsp3) is 0.500. The topological polar surface area (TPSA) is 77.8 Å². The van der Waals surface area contributed by atoms with Gasteiger partial charge >= 0.3 is 0 Å². The largest absolute Gasteiger partial charge is 0.354 e. The zero-order valence-electron chi connectivity index (χ0n) is 9.12. The molecule has 1 aromatic rings. The number of nitrogens with zero attached hydrogens (tertiary/aromatic N) is 2. The summed E-state index contributed by atoms with van der Waals surface area (Å²) in [6.45, 7) is 3.20. The van der Waals surface area contributed by atoms with Gasteiger partial charge in [0.05, 0.1) is 19.0 Å². The van der Waals surface area contributed by atoms with Crippen LogP contribution < -0.4 is 10.6 Å². The summed E-state index contributed by atoms with van der Waals surface area (Å²) in [6.07, 6.45) is 0.345. The average molecular weight is 238 g/mol. The highest BCUT2D eigenvalue weighted by Gasteiger charge is 2.01. The Morgan fingerprint density at radius 2 is 2.50 bits per heavy atom. The Morgan fingerprint density at radius 1 is 1.69 bits per heavy atom. The van der Waals surface area contributed by atoms with Crippen LogP contribution in [0.25, 0.3) is 0 Å². The molecular weight excluding hydrogens is 224 g/mol. The van der Waals surface area contributed by atoms with Crippen molar-refractivity contribution in [1.82, 2.24) is 15.6 Å². The number of aromatic nitrogens is 1. The van der Waals surface area contributed by atoms with Gasteiger partial charge in [0.1, 0.15) is 5.01 Å². The van der Waals surface area contributed by atoms with E-state index in [0.29, 0.717) is 19.5 Å². The van der Waals surface area contributed by atoms with E-state index in [2.05, 4.69) is 15.6 Å². The van der Waals surface area contributed by atoms with Crippen molar-refractivity contribution >= 4 is 17.2 Å². The normalized spacial score (nSPS) is 9.75. The summed E-state index contributed by atoms with van der Waals surface area (Å²) in [5.41, 5.74) is 1.00. The van der Waals surface area contributed by atoms with Crippen molar-refractivity contribution in [3.05, 3.63) is 16.1 Å². The molecule has 6 heteroatoms. The highest BCUT2D eigenvalue weighted by molar-refractivity contribution is 7.09. The number of hydrogen-bond donors (Lipinski definition) is 2. The Morgan fingerprint density at radius 3 is 3.12 bits per heavy atom. The van der Waals surface area contributed by atoms with Gasteiger partial charge in [0.25, 0.3) is 0 Å². The van der Waals surface area contributed by atoms with Gasteiger partial charge in [-0.1, -0.05) is 0 Å². The van der Waals surface area contributed by atoms with Crippen molar-refractivity contribution < 1.29 is 4.79 Å². The first kappa shape index (κ1) is 12.6. The zero-order chi connectivity index (χ0) is 11.8. The smallest absolute Gasteiger partial charge is 0.234 e. The Labute approximate surface area is 98.5 Å². The van der Waals surface area contributed by atoms with Crippen LogP contribution >= 0.6 is 11.3 Å². The number of carbonyl (C=O) groups excluding carboxylic acids is 1. The fourth-order valence-corrected chi connectivity index (χ4v) is 1.83. The van der Waals surface area contributed by atoms with Crippen LogP contribution in [0.15, 0.2) is 5.38 Å². The number of carbonyl (C=O) groups is 1. The number of nitriles is 1. The highest BCUT2D eigenvalue weighted by atomic mass is 32.1. The summed E-state index contributed by atoms with van der Waals surface area (Å²) in [4.78, 5) is 15.5. The van der Waals surface area contributed by atoms with Gasteiger partial charge in [0, 0.05) is 24.2 Å². The molecule has 0 radical (unpaired) electrons. The molecule has 0 atom stereocenters. The minimum absolute atomic E-state index is 0.0940. The molecule has 0 unspecified atom stereocenters. The average Bonchev–Trinajstić information content (AvgIpc) is 2.65. The van der Waals surface area contributed by atoms with Gasteiger partial charge in [0.2, 0.25) is 5.91 Å². The van der Waals surface area contributed by atoms with Gasteiger partial charge in [-0.3, -0.25) is 4.79 Å². The summed E-state index contributed by atoms with van der Waals surface area (Å²) in [7, 11) is 0.